The fourth-order valence-corrected chi connectivity index (χ4v) is 4.18. The van der Waals surface area contributed by atoms with E-state index in [-0.39, 0.29) is 24.1 Å². The topological polar surface area (TPSA) is 131 Å². The van der Waals surface area contributed by atoms with Crippen molar-refractivity contribution in [2.75, 3.05) is 51.2 Å². The summed E-state index contributed by atoms with van der Waals surface area (Å²) in [6.45, 7) is 7.36. The number of carbonyl (C=O) groups is 2. The number of phenolic OH excluding ortho intramolecular Hbond substituents is 1. The molecule has 3 rings (SSSR count). The molecule has 3 N–H and O–H groups in total. The molecule has 0 saturated carbocycles. The number of aromatic nitrogens is 3. The van der Waals surface area contributed by atoms with Crippen molar-refractivity contribution in [2.24, 2.45) is 0 Å². The van der Waals surface area contributed by atoms with Gasteiger partial charge in [0, 0.05) is 44.6 Å². The van der Waals surface area contributed by atoms with Crippen LogP contribution in [0.4, 0.5) is 16.6 Å². The zero-order valence-electron chi connectivity index (χ0n) is 21.1. The number of methoxy groups -OCH3 is 2. The van der Waals surface area contributed by atoms with E-state index in [0.717, 1.165) is 11.1 Å². The third kappa shape index (κ3) is 6.80. The van der Waals surface area contributed by atoms with Gasteiger partial charge in [-0.2, -0.15) is 5.10 Å². The maximum absolute atomic E-state index is 12.8. The van der Waals surface area contributed by atoms with Crippen molar-refractivity contribution in [3.63, 3.8) is 0 Å². The third-order valence-corrected chi connectivity index (χ3v) is 6.47. The molecule has 2 aromatic heterocycles. The number of carbonyl (C=O) groups excluding carboxylic acids is 2. The van der Waals surface area contributed by atoms with Gasteiger partial charge in [0.1, 0.15) is 17.2 Å². The molecule has 11 nitrogen and oxygen atoms in total. The number of nitrogens with one attached hydrogen (secondary N) is 2. The highest BCUT2D eigenvalue weighted by atomic mass is 32.1. The van der Waals surface area contributed by atoms with Crippen LogP contribution in [0.5, 0.6) is 5.75 Å². The summed E-state index contributed by atoms with van der Waals surface area (Å²) < 4.78 is 11.8. The Balaban J connectivity index is 1.65. The SMILES string of the molecule is COCCN(CCOC)C(=O)Cn1cc(C)c(Nc2ncc(C(=O)Nc3c(C)ccc(O)c3C)s2)n1. The minimum atomic E-state index is -0.322. The molecule has 2 heterocycles. The Morgan fingerprint density at radius 2 is 1.81 bits per heavy atom. The highest BCUT2D eigenvalue weighted by Crippen LogP contribution is 2.30. The zero-order chi connectivity index (χ0) is 26.2. The molecule has 2 amide bonds. The molecule has 0 fully saturated rings. The van der Waals surface area contributed by atoms with E-state index in [1.165, 1.54) is 17.5 Å². The van der Waals surface area contributed by atoms with Gasteiger partial charge in [-0.25, -0.2) is 4.98 Å². The Bertz CT molecular complexity index is 1200. The van der Waals surface area contributed by atoms with Gasteiger partial charge >= 0.3 is 0 Å². The first-order chi connectivity index (χ1) is 17.2. The number of benzene rings is 1. The molecule has 0 aliphatic carbocycles. The molecule has 12 heteroatoms. The van der Waals surface area contributed by atoms with Crippen LogP contribution in [-0.2, 0) is 20.8 Å². The average molecular weight is 517 g/mol. The highest BCUT2D eigenvalue weighted by Gasteiger charge is 2.18. The lowest BCUT2D eigenvalue weighted by Crippen LogP contribution is -2.38. The Morgan fingerprint density at radius 3 is 2.47 bits per heavy atom. The molecular weight excluding hydrogens is 484 g/mol. The van der Waals surface area contributed by atoms with Gasteiger partial charge in [0.05, 0.1) is 25.1 Å². The fraction of sp³-hybridized carbons (Fsp3) is 0.417. The summed E-state index contributed by atoms with van der Waals surface area (Å²) in [7, 11) is 3.19. The van der Waals surface area contributed by atoms with Crippen molar-refractivity contribution in [3.8, 4) is 5.75 Å². The van der Waals surface area contributed by atoms with Gasteiger partial charge in [0.2, 0.25) is 5.91 Å². The lowest BCUT2D eigenvalue weighted by atomic mass is 10.1. The Morgan fingerprint density at radius 1 is 1.11 bits per heavy atom. The second-order valence-electron chi connectivity index (χ2n) is 8.24. The Kier molecular flexibility index (Phi) is 9.39. The standard InChI is InChI=1S/C24H32N6O5S/c1-15-6-7-18(31)17(3)21(15)26-23(33)19-12-25-24(36-19)27-22-16(2)13-30(28-22)14-20(32)29(8-10-34-4)9-11-35-5/h6-7,12-13,31H,8-11,14H2,1-5H3,(H,26,33)(H,25,27,28). The Labute approximate surface area is 214 Å². The number of anilines is 3. The Hall–Kier alpha value is -3.48. The summed E-state index contributed by atoms with van der Waals surface area (Å²) in [6.07, 6.45) is 3.26. The summed E-state index contributed by atoms with van der Waals surface area (Å²) in [5.74, 6) is 0.248. The number of aryl methyl sites for hydroxylation is 2. The van der Waals surface area contributed by atoms with Crippen molar-refractivity contribution >= 4 is 39.8 Å². The number of hydrogen-bond donors (Lipinski definition) is 3. The second-order valence-corrected chi connectivity index (χ2v) is 9.27. The lowest BCUT2D eigenvalue weighted by Gasteiger charge is -2.22. The number of aromatic hydroxyl groups is 1. The molecule has 0 radical (unpaired) electrons. The lowest BCUT2D eigenvalue weighted by molar-refractivity contribution is -0.133. The summed E-state index contributed by atoms with van der Waals surface area (Å²) >= 11 is 1.18. The first-order valence-corrected chi connectivity index (χ1v) is 12.2. The first kappa shape index (κ1) is 27.1. The number of nitrogens with zero attached hydrogens (tertiary/aromatic N) is 4. The van der Waals surface area contributed by atoms with Gasteiger partial charge < -0.3 is 30.1 Å². The van der Waals surface area contributed by atoms with E-state index in [1.807, 2.05) is 13.8 Å². The quantitative estimate of drug-likeness (QED) is 0.335. The molecule has 1 aromatic carbocycles. The summed E-state index contributed by atoms with van der Waals surface area (Å²) in [4.78, 5) is 31.9. The van der Waals surface area contributed by atoms with Gasteiger partial charge in [0.25, 0.3) is 5.91 Å². The molecule has 3 aromatic rings. The minimum Gasteiger partial charge on any atom is -0.508 e. The maximum atomic E-state index is 12.8. The van der Waals surface area contributed by atoms with Crippen LogP contribution in [0.1, 0.15) is 26.4 Å². The summed E-state index contributed by atoms with van der Waals surface area (Å²) in [6, 6.07) is 3.34. The number of hydrogen-bond acceptors (Lipinski definition) is 9. The van der Waals surface area contributed by atoms with Crippen LogP contribution in [0.2, 0.25) is 0 Å². The van der Waals surface area contributed by atoms with Gasteiger partial charge in [-0.3, -0.25) is 14.3 Å². The molecule has 0 bridgehead atoms. The van der Waals surface area contributed by atoms with Gasteiger partial charge in [0.15, 0.2) is 10.9 Å². The fourth-order valence-electron chi connectivity index (χ4n) is 3.47. The predicted octanol–water partition coefficient (Wildman–Crippen LogP) is 3.09. The van der Waals surface area contributed by atoms with E-state index in [1.54, 1.807) is 49.1 Å². The normalized spacial score (nSPS) is 10.9. The zero-order valence-corrected chi connectivity index (χ0v) is 21.9. The molecular formula is C24H32N6O5S. The molecule has 0 spiro atoms. The summed E-state index contributed by atoms with van der Waals surface area (Å²) in [5, 5.41) is 20.9. The van der Waals surface area contributed by atoms with Gasteiger partial charge in [-0.1, -0.05) is 17.4 Å². The highest BCUT2D eigenvalue weighted by molar-refractivity contribution is 7.17. The second kappa shape index (κ2) is 12.5. The van der Waals surface area contributed by atoms with E-state index >= 15 is 0 Å². The van der Waals surface area contributed by atoms with Gasteiger partial charge in [-0.05, 0) is 32.4 Å². The van der Waals surface area contributed by atoms with E-state index in [4.69, 9.17) is 9.47 Å². The van der Waals surface area contributed by atoms with Crippen LogP contribution in [0.15, 0.2) is 24.5 Å². The third-order valence-electron chi connectivity index (χ3n) is 5.56. The smallest absolute Gasteiger partial charge is 0.267 e. The average Bonchev–Trinajstić information content (AvgIpc) is 3.45. The van der Waals surface area contributed by atoms with Crippen molar-refractivity contribution in [1.29, 1.82) is 0 Å². The van der Waals surface area contributed by atoms with E-state index in [2.05, 4.69) is 20.7 Å². The van der Waals surface area contributed by atoms with Crippen molar-refractivity contribution in [1.82, 2.24) is 19.7 Å². The minimum absolute atomic E-state index is 0.0735. The predicted molar refractivity (Wildman–Crippen MR) is 138 cm³/mol. The summed E-state index contributed by atoms with van der Waals surface area (Å²) in [5.41, 5.74) is 2.85. The van der Waals surface area contributed by atoms with Crippen LogP contribution in [0.25, 0.3) is 0 Å². The molecule has 0 saturated heterocycles. The molecule has 0 atom stereocenters. The number of phenols is 1. The van der Waals surface area contributed by atoms with E-state index in [9.17, 15) is 14.7 Å². The van der Waals surface area contributed by atoms with Crippen LogP contribution in [0, 0.1) is 20.8 Å². The van der Waals surface area contributed by atoms with Crippen LogP contribution in [0.3, 0.4) is 0 Å². The molecule has 0 aliphatic heterocycles. The van der Waals surface area contributed by atoms with Crippen molar-refractivity contribution in [2.45, 2.75) is 27.3 Å². The molecule has 0 aliphatic rings. The number of amides is 2. The van der Waals surface area contributed by atoms with Crippen molar-refractivity contribution in [3.05, 3.63) is 46.1 Å². The molecule has 194 valence electrons. The first-order valence-electron chi connectivity index (χ1n) is 11.4. The largest absolute Gasteiger partial charge is 0.508 e. The molecule has 36 heavy (non-hydrogen) atoms. The van der Waals surface area contributed by atoms with Crippen LogP contribution < -0.4 is 10.6 Å². The van der Waals surface area contributed by atoms with Gasteiger partial charge in [-0.15, -0.1) is 0 Å². The van der Waals surface area contributed by atoms with E-state index in [0.29, 0.717) is 53.4 Å². The van der Waals surface area contributed by atoms with Crippen molar-refractivity contribution < 1.29 is 24.2 Å². The van der Waals surface area contributed by atoms with E-state index < -0.39 is 0 Å². The number of thiazole rings is 1. The van der Waals surface area contributed by atoms with Crippen LogP contribution in [-0.4, -0.2) is 77.1 Å². The monoisotopic (exact) mass is 516 g/mol. The molecule has 0 unspecified atom stereocenters. The number of rotatable bonds is 12. The van der Waals surface area contributed by atoms with Crippen LogP contribution >= 0.6 is 11.3 Å². The number of ether oxygens (including phenoxy) is 2. The maximum Gasteiger partial charge on any atom is 0.267 e.